The van der Waals surface area contributed by atoms with Gasteiger partial charge >= 0.3 is 0 Å². The van der Waals surface area contributed by atoms with Gasteiger partial charge < -0.3 is 10.1 Å². The molecule has 0 saturated heterocycles. The highest BCUT2D eigenvalue weighted by atomic mass is 32.2. The van der Waals surface area contributed by atoms with Crippen molar-refractivity contribution in [3.63, 3.8) is 0 Å². The molecule has 0 radical (unpaired) electrons. The number of carbonyl (C=O) groups is 2. The van der Waals surface area contributed by atoms with Crippen LogP contribution < -0.4 is 10.1 Å². The van der Waals surface area contributed by atoms with E-state index in [0.29, 0.717) is 29.6 Å². The summed E-state index contributed by atoms with van der Waals surface area (Å²) in [5, 5.41) is 20.4. The van der Waals surface area contributed by atoms with Crippen molar-refractivity contribution >= 4 is 40.6 Å². The molecule has 1 aliphatic heterocycles. The van der Waals surface area contributed by atoms with E-state index in [1.807, 2.05) is 78.4 Å². The number of hydrogen-bond acceptors (Lipinski definition) is 8. The van der Waals surface area contributed by atoms with E-state index in [0.717, 1.165) is 33.2 Å². The lowest BCUT2D eigenvalue weighted by atomic mass is 10.0. The van der Waals surface area contributed by atoms with E-state index in [4.69, 9.17) is 9.84 Å². The standard InChI is InChI=1S/C34H31FN6O3S2/c1-3-44-27-15-13-26(14-16-27)40-31(20-36-33(43)24-7-4-6-22(2)18-24)37-38-34(40)46-21-32(42)41-29(23-9-11-25(35)12-10-23)19-28(39-41)30-8-5-17-45-30/h4-18,29H,3,19-21H2,1-2H3,(H,36,43)/t29-/m0/s1. The number of ether oxygens (including phenoxy) is 1. The molecular formula is C34H31FN6O3S2. The lowest BCUT2D eigenvalue weighted by Crippen LogP contribution is -2.28. The van der Waals surface area contributed by atoms with Crippen LogP contribution in [-0.4, -0.2) is 49.7 Å². The van der Waals surface area contributed by atoms with Crippen molar-refractivity contribution in [1.29, 1.82) is 0 Å². The van der Waals surface area contributed by atoms with Crippen LogP contribution in [0.1, 0.15) is 51.6 Å². The Morgan fingerprint density at radius 2 is 1.85 bits per heavy atom. The molecule has 5 aromatic rings. The average molecular weight is 655 g/mol. The minimum absolute atomic E-state index is 0.0315. The van der Waals surface area contributed by atoms with Crippen LogP contribution in [0.4, 0.5) is 4.39 Å². The molecule has 9 nitrogen and oxygen atoms in total. The third kappa shape index (κ3) is 7.03. The molecule has 0 spiro atoms. The van der Waals surface area contributed by atoms with E-state index in [2.05, 4.69) is 15.5 Å². The van der Waals surface area contributed by atoms with Gasteiger partial charge in [0.05, 0.1) is 35.5 Å². The van der Waals surface area contributed by atoms with Crippen molar-refractivity contribution in [2.45, 2.75) is 38.0 Å². The monoisotopic (exact) mass is 654 g/mol. The molecule has 46 heavy (non-hydrogen) atoms. The van der Waals surface area contributed by atoms with Crippen molar-refractivity contribution in [1.82, 2.24) is 25.1 Å². The molecule has 0 aliphatic carbocycles. The molecule has 1 N–H and O–H groups in total. The summed E-state index contributed by atoms with van der Waals surface area (Å²) in [7, 11) is 0. The summed E-state index contributed by atoms with van der Waals surface area (Å²) in [6, 6.07) is 24.6. The largest absolute Gasteiger partial charge is 0.494 e. The number of aryl methyl sites for hydroxylation is 1. The number of amides is 2. The van der Waals surface area contributed by atoms with Crippen molar-refractivity contribution in [3.8, 4) is 11.4 Å². The Labute approximate surface area is 274 Å². The van der Waals surface area contributed by atoms with Crippen LogP contribution in [0.25, 0.3) is 5.69 Å². The number of carbonyl (C=O) groups excluding carboxylic acids is 2. The van der Waals surface area contributed by atoms with E-state index in [1.165, 1.54) is 28.9 Å². The number of hydrazone groups is 1. The molecule has 0 unspecified atom stereocenters. The van der Waals surface area contributed by atoms with Crippen molar-refractivity contribution in [2.75, 3.05) is 12.4 Å². The summed E-state index contributed by atoms with van der Waals surface area (Å²) >= 11 is 2.79. The van der Waals surface area contributed by atoms with Crippen LogP contribution in [0.2, 0.25) is 0 Å². The molecule has 2 amide bonds. The number of rotatable bonds is 11. The number of hydrogen-bond donors (Lipinski definition) is 1. The minimum atomic E-state index is -0.359. The second-order valence-corrected chi connectivity index (χ2v) is 12.4. The Morgan fingerprint density at radius 1 is 1.04 bits per heavy atom. The van der Waals surface area contributed by atoms with Crippen LogP contribution in [0, 0.1) is 12.7 Å². The van der Waals surface area contributed by atoms with Crippen LogP contribution in [0.3, 0.4) is 0 Å². The SMILES string of the molecule is CCOc1ccc(-n2c(CNC(=O)c3cccc(C)c3)nnc2SCC(=O)N2N=C(c3cccs3)C[C@H]2c2ccc(F)cc2)cc1. The van der Waals surface area contributed by atoms with Crippen molar-refractivity contribution in [2.24, 2.45) is 5.10 Å². The quantitative estimate of drug-likeness (QED) is 0.162. The van der Waals surface area contributed by atoms with E-state index in [-0.39, 0.29) is 36.0 Å². The Hall–Kier alpha value is -4.81. The molecule has 0 fully saturated rings. The van der Waals surface area contributed by atoms with E-state index in [9.17, 15) is 14.0 Å². The Morgan fingerprint density at radius 3 is 2.57 bits per heavy atom. The van der Waals surface area contributed by atoms with Gasteiger partial charge in [0.25, 0.3) is 11.8 Å². The number of nitrogens with one attached hydrogen (secondary N) is 1. The van der Waals surface area contributed by atoms with Crippen LogP contribution in [0.5, 0.6) is 5.75 Å². The molecule has 1 aliphatic rings. The predicted molar refractivity (Wildman–Crippen MR) is 177 cm³/mol. The van der Waals surface area contributed by atoms with Crippen molar-refractivity contribution < 1.29 is 18.7 Å². The highest BCUT2D eigenvalue weighted by Crippen LogP contribution is 2.35. The lowest BCUT2D eigenvalue weighted by Gasteiger charge is -2.22. The van der Waals surface area contributed by atoms with Gasteiger partial charge in [-0.2, -0.15) is 5.10 Å². The number of thiophene rings is 1. The second kappa shape index (κ2) is 14.1. The van der Waals surface area contributed by atoms with Gasteiger partial charge in [0, 0.05) is 17.7 Å². The third-order valence-corrected chi connectivity index (χ3v) is 9.18. The molecule has 2 aromatic heterocycles. The summed E-state index contributed by atoms with van der Waals surface area (Å²) in [4.78, 5) is 27.6. The van der Waals surface area contributed by atoms with Gasteiger partial charge in [-0.1, -0.05) is 47.7 Å². The van der Waals surface area contributed by atoms with Gasteiger partial charge in [-0.15, -0.1) is 21.5 Å². The van der Waals surface area contributed by atoms with Crippen LogP contribution in [0.15, 0.2) is 101 Å². The van der Waals surface area contributed by atoms with Crippen LogP contribution >= 0.6 is 23.1 Å². The number of thioether (sulfide) groups is 1. The number of halogens is 1. The normalized spacial score (nSPS) is 14.3. The Kier molecular flexibility index (Phi) is 9.55. The highest BCUT2D eigenvalue weighted by Gasteiger charge is 2.33. The zero-order chi connectivity index (χ0) is 32.0. The first-order chi connectivity index (χ1) is 22.4. The highest BCUT2D eigenvalue weighted by molar-refractivity contribution is 7.99. The first-order valence-electron chi connectivity index (χ1n) is 14.7. The molecule has 0 saturated carbocycles. The van der Waals surface area contributed by atoms with Crippen LogP contribution in [-0.2, 0) is 11.3 Å². The second-order valence-electron chi connectivity index (χ2n) is 10.5. The van der Waals surface area contributed by atoms with E-state index >= 15 is 0 Å². The number of aromatic nitrogens is 3. The van der Waals surface area contributed by atoms with Gasteiger partial charge in [0.2, 0.25) is 0 Å². The third-order valence-electron chi connectivity index (χ3n) is 7.34. The Bertz CT molecular complexity index is 1860. The lowest BCUT2D eigenvalue weighted by molar-refractivity contribution is -0.130. The first-order valence-corrected chi connectivity index (χ1v) is 16.6. The molecule has 3 aromatic carbocycles. The average Bonchev–Trinajstić information content (AvgIpc) is 3.84. The molecule has 234 valence electrons. The molecule has 3 heterocycles. The van der Waals surface area contributed by atoms with E-state index in [1.54, 1.807) is 29.5 Å². The fourth-order valence-corrected chi connectivity index (χ4v) is 6.69. The summed E-state index contributed by atoms with van der Waals surface area (Å²) in [6.45, 7) is 4.51. The molecule has 1 atom stereocenters. The Balaban J connectivity index is 1.24. The molecule has 12 heteroatoms. The number of benzene rings is 3. The van der Waals surface area contributed by atoms with Gasteiger partial charge in [0.1, 0.15) is 11.6 Å². The molecule has 0 bridgehead atoms. The predicted octanol–water partition coefficient (Wildman–Crippen LogP) is 6.58. The summed E-state index contributed by atoms with van der Waals surface area (Å²) < 4.78 is 21.2. The number of nitrogens with zero attached hydrogens (tertiary/aromatic N) is 5. The smallest absolute Gasteiger partial charge is 0.253 e. The maximum Gasteiger partial charge on any atom is 0.253 e. The first kappa shape index (κ1) is 31.2. The van der Waals surface area contributed by atoms with E-state index < -0.39 is 0 Å². The minimum Gasteiger partial charge on any atom is -0.494 e. The maximum absolute atomic E-state index is 13.8. The fraction of sp³-hybridized carbons (Fsp3) is 0.206. The zero-order valence-corrected chi connectivity index (χ0v) is 26.9. The zero-order valence-electron chi connectivity index (χ0n) is 25.2. The summed E-state index contributed by atoms with van der Waals surface area (Å²) in [5.74, 6) is 0.468. The summed E-state index contributed by atoms with van der Waals surface area (Å²) in [5.41, 5.74) is 3.91. The molecular weight excluding hydrogens is 624 g/mol. The van der Waals surface area contributed by atoms with Gasteiger partial charge in [-0.3, -0.25) is 14.2 Å². The van der Waals surface area contributed by atoms with Gasteiger partial charge in [-0.25, -0.2) is 9.40 Å². The fourth-order valence-electron chi connectivity index (χ4n) is 5.14. The van der Waals surface area contributed by atoms with Crippen molar-refractivity contribution in [3.05, 3.63) is 124 Å². The van der Waals surface area contributed by atoms with Gasteiger partial charge in [0.15, 0.2) is 11.0 Å². The maximum atomic E-state index is 13.8. The summed E-state index contributed by atoms with van der Waals surface area (Å²) in [6.07, 6.45) is 0.524. The van der Waals surface area contributed by atoms with Gasteiger partial charge in [-0.05, 0) is 79.4 Å². The molecule has 6 rings (SSSR count). The topological polar surface area (TPSA) is 102 Å².